The van der Waals surface area contributed by atoms with E-state index in [1.165, 1.54) is 12.1 Å². The quantitative estimate of drug-likeness (QED) is 0.541. The number of nitrogens with two attached hydrogens (primary N) is 1. The van der Waals surface area contributed by atoms with E-state index in [2.05, 4.69) is 4.83 Å². The minimum absolute atomic E-state index is 0.158. The average molecular weight is 363 g/mol. The van der Waals surface area contributed by atoms with Crippen LogP contribution in [0.1, 0.15) is 0 Å². The summed E-state index contributed by atoms with van der Waals surface area (Å²) in [6.07, 6.45) is 1.80. The average Bonchev–Trinajstić information content (AvgIpc) is 3.01. The molecule has 0 spiro atoms. The smallest absolute Gasteiger partial charge is 0.275 e. The number of anilines is 1. The number of hydrogen-bond acceptors (Lipinski definition) is 3. The third-order valence-electron chi connectivity index (χ3n) is 4.21. The highest BCUT2D eigenvalue weighted by Gasteiger charge is 2.17. The number of hydrogen-bond donors (Lipinski definition) is 2. The maximum Gasteiger partial charge on any atom is 0.275 e. The lowest BCUT2D eigenvalue weighted by atomic mass is 10.1. The lowest BCUT2D eigenvalue weighted by Crippen LogP contribution is -2.22. The van der Waals surface area contributed by atoms with Crippen molar-refractivity contribution in [1.29, 1.82) is 0 Å². The number of para-hydroxylation sites is 1. The van der Waals surface area contributed by atoms with Gasteiger partial charge in [-0.1, -0.05) is 48.5 Å². The van der Waals surface area contributed by atoms with E-state index in [-0.39, 0.29) is 4.90 Å². The Labute approximate surface area is 151 Å². The van der Waals surface area contributed by atoms with Gasteiger partial charge >= 0.3 is 0 Å². The third-order valence-corrected chi connectivity index (χ3v) is 5.54. The summed E-state index contributed by atoms with van der Waals surface area (Å²) in [7, 11) is -3.73. The van der Waals surface area contributed by atoms with E-state index in [4.69, 9.17) is 5.73 Å². The van der Waals surface area contributed by atoms with E-state index in [0.29, 0.717) is 5.69 Å². The van der Waals surface area contributed by atoms with Gasteiger partial charge in [0.05, 0.1) is 10.4 Å². The van der Waals surface area contributed by atoms with Crippen molar-refractivity contribution >= 4 is 26.6 Å². The maximum absolute atomic E-state index is 12.7. The van der Waals surface area contributed by atoms with Crippen LogP contribution in [0.25, 0.3) is 22.0 Å². The van der Waals surface area contributed by atoms with Crippen LogP contribution < -0.4 is 10.6 Å². The van der Waals surface area contributed by atoms with Gasteiger partial charge in [-0.05, 0) is 35.9 Å². The van der Waals surface area contributed by atoms with Crippen LogP contribution in [-0.4, -0.2) is 13.1 Å². The number of rotatable bonds is 4. The molecule has 0 bridgehead atoms. The van der Waals surface area contributed by atoms with Crippen LogP contribution in [0.4, 0.5) is 5.69 Å². The lowest BCUT2D eigenvalue weighted by Gasteiger charge is -2.10. The van der Waals surface area contributed by atoms with E-state index >= 15 is 0 Å². The standard InChI is InChI=1S/C20H17N3O2S/c21-16-10-12-17(13-11-16)26(24,25)22-23-14-19(15-6-2-1-3-7-15)18-8-4-5-9-20(18)23/h1-14,22H,21H2. The molecule has 3 aromatic carbocycles. The second-order valence-corrected chi connectivity index (χ2v) is 7.62. The minimum atomic E-state index is -3.73. The molecule has 130 valence electrons. The van der Waals surface area contributed by atoms with Gasteiger partial charge in [0.1, 0.15) is 0 Å². The highest BCUT2D eigenvalue weighted by molar-refractivity contribution is 7.92. The highest BCUT2D eigenvalue weighted by atomic mass is 32.2. The van der Waals surface area contributed by atoms with Crippen molar-refractivity contribution in [3.63, 3.8) is 0 Å². The second-order valence-electron chi connectivity index (χ2n) is 5.96. The van der Waals surface area contributed by atoms with Crippen molar-refractivity contribution in [2.45, 2.75) is 4.90 Å². The largest absolute Gasteiger partial charge is 0.399 e. The third kappa shape index (κ3) is 2.91. The zero-order valence-corrected chi connectivity index (χ0v) is 14.6. The molecule has 0 atom stereocenters. The summed E-state index contributed by atoms with van der Waals surface area (Å²) in [4.78, 5) is 2.79. The minimum Gasteiger partial charge on any atom is -0.399 e. The zero-order chi connectivity index (χ0) is 18.1. The molecule has 0 unspecified atom stereocenters. The summed E-state index contributed by atoms with van der Waals surface area (Å²) < 4.78 is 27.0. The molecular weight excluding hydrogens is 346 g/mol. The predicted octanol–water partition coefficient (Wildman–Crippen LogP) is 3.82. The summed E-state index contributed by atoms with van der Waals surface area (Å²) in [6, 6.07) is 23.7. The molecule has 26 heavy (non-hydrogen) atoms. The fourth-order valence-electron chi connectivity index (χ4n) is 2.93. The summed E-state index contributed by atoms with van der Waals surface area (Å²) in [5, 5.41) is 0.971. The van der Waals surface area contributed by atoms with Crippen LogP contribution >= 0.6 is 0 Å². The van der Waals surface area contributed by atoms with Crippen molar-refractivity contribution in [3.8, 4) is 11.1 Å². The molecule has 4 rings (SSSR count). The van der Waals surface area contributed by atoms with Crippen molar-refractivity contribution in [3.05, 3.63) is 85.1 Å². The molecular formula is C20H17N3O2S. The summed E-state index contributed by atoms with van der Waals surface area (Å²) in [5.74, 6) is 0. The first kappa shape index (κ1) is 16.2. The van der Waals surface area contributed by atoms with Gasteiger partial charge in [-0.3, -0.25) is 4.68 Å². The van der Waals surface area contributed by atoms with E-state index in [1.54, 1.807) is 23.0 Å². The van der Waals surface area contributed by atoms with Crippen molar-refractivity contribution in [2.75, 3.05) is 10.6 Å². The van der Waals surface area contributed by atoms with Crippen LogP contribution in [0.2, 0.25) is 0 Å². The van der Waals surface area contributed by atoms with E-state index < -0.39 is 10.0 Å². The van der Waals surface area contributed by atoms with Gasteiger partial charge in [0.15, 0.2) is 0 Å². The SMILES string of the molecule is Nc1ccc(S(=O)(=O)Nn2cc(-c3ccccc3)c3ccccc32)cc1. The molecule has 1 heterocycles. The molecule has 3 N–H and O–H groups in total. The van der Waals surface area contributed by atoms with Crippen LogP contribution in [0.5, 0.6) is 0 Å². The Morgan fingerprint density at radius 1 is 0.808 bits per heavy atom. The first-order valence-corrected chi connectivity index (χ1v) is 9.57. The van der Waals surface area contributed by atoms with Gasteiger partial charge in [-0.15, -0.1) is 0 Å². The predicted molar refractivity (Wildman–Crippen MR) is 105 cm³/mol. The number of nitrogens with zero attached hydrogens (tertiary/aromatic N) is 1. The zero-order valence-electron chi connectivity index (χ0n) is 13.8. The summed E-state index contributed by atoms with van der Waals surface area (Å²) >= 11 is 0. The van der Waals surface area contributed by atoms with Crippen molar-refractivity contribution < 1.29 is 8.42 Å². The van der Waals surface area contributed by atoms with Crippen LogP contribution in [0.15, 0.2) is 90.0 Å². The molecule has 6 heteroatoms. The number of benzene rings is 3. The molecule has 0 amide bonds. The van der Waals surface area contributed by atoms with Gasteiger partial charge in [0, 0.05) is 22.8 Å². The highest BCUT2D eigenvalue weighted by Crippen LogP contribution is 2.30. The number of nitrogens with one attached hydrogen (secondary N) is 1. The Balaban J connectivity index is 1.81. The second kappa shape index (κ2) is 6.24. The molecule has 0 aliphatic rings. The molecule has 4 aromatic rings. The van der Waals surface area contributed by atoms with Gasteiger partial charge in [-0.2, -0.15) is 8.42 Å². The van der Waals surface area contributed by atoms with Crippen molar-refractivity contribution in [2.24, 2.45) is 0 Å². The van der Waals surface area contributed by atoms with E-state index in [0.717, 1.165) is 22.0 Å². The summed E-state index contributed by atoms with van der Waals surface area (Å²) in [6.45, 7) is 0. The lowest BCUT2D eigenvalue weighted by molar-refractivity contribution is 0.596. The monoisotopic (exact) mass is 363 g/mol. The fraction of sp³-hybridized carbons (Fsp3) is 0. The summed E-state index contributed by atoms with van der Waals surface area (Å²) in [5.41, 5.74) is 8.92. The van der Waals surface area contributed by atoms with Crippen LogP contribution in [0, 0.1) is 0 Å². The molecule has 0 radical (unpaired) electrons. The first-order chi connectivity index (χ1) is 12.5. The Hall–Kier alpha value is -3.25. The molecule has 0 fully saturated rings. The fourth-order valence-corrected chi connectivity index (χ4v) is 3.94. The Bertz CT molecular complexity index is 1160. The Morgan fingerprint density at radius 3 is 2.19 bits per heavy atom. The van der Waals surface area contributed by atoms with Gasteiger partial charge in [0.25, 0.3) is 10.0 Å². The molecule has 1 aromatic heterocycles. The molecule has 0 saturated carbocycles. The number of aromatic nitrogens is 1. The molecule has 0 aliphatic carbocycles. The first-order valence-electron chi connectivity index (χ1n) is 8.08. The Morgan fingerprint density at radius 2 is 1.46 bits per heavy atom. The molecule has 0 aliphatic heterocycles. The van der Waals surface area contributed by atoms with Crippen molar-refractivity contribution in [1.82, 2.24) is 4.68 Å². The van der Waals surface area contributed by atoms with Crippen LogP contribution in [0.3, 0.4) is 0 Å². The van der Waals surface area contributed by atoms with Gasteiger partial charge in [0.2, 0.25) is 0 Å². The topological polar surface area (TPSA) is 77.1 Å². The van der Waals surface area contributed by atoms with E-state index in [9.17, 15) is 8.42 Å². The molecule has 0 saturated heterocycles. The normalized spacial score (nSPS) is 11.5. The van der Waals surface area contributed by atoms with Crippen LogP contribution in [-0.2, 0) is 10.0 Å². The van der Waals surface area contributed by atoms with E-state index in [1.807, 2.05) is 54.6 Å². The number of nitrogen functional groups attached to an aromatic ring is 1. The molecule has 5 nitrogen and oxygen atoms in total. The maximum atomic E-state index is 12.7. The number of fused-ring (bicyclic) bond motifs is 1. The van der Waals surface area contributed by atoms with Gasteiger partial charge in [-0.25, -0.2) is 4.83 Å². The van der Waals surface area contributed by atoms with Gasteiger partial charge < -0.3 is 5.73 Å². The Kier molecular flexibility index (Phi) is 3.89. The number of sulfonamides is 1.